The van der Waals surface area contributed by atoms with Crippen LogP contribution in [0.3, 0.4) is 0 Å². The molecule has 0 radical (unpaired) electrons. The van der Waals surface area contributed by atoms with Gasteiger partial charge in [-0.1, -0.05) is 0 Å². The normalized spacial score (nSPS) is 20.5. The second-order valence-electron chi connectivity index (χ2n) is 4.52. The van der Waals surface area contributed by atoms with Gasteiger partial charge in [0.15, 0.2) is 11.6 Å². The second-order valence-corrected chi connectivity index (χ2v) is 4.52. The third kappa shape index (κ3) is 2.36. The van der Waals surface area contributed by atoms with E-state index in [2.05, 4.69) is 17.1 Å². The molecule has 0 amide bonds. The van der Waals surface area contributed by atoms with Crippen molar-refractivity contribution in [3.05, 3.63) is 23.5 Å². The summed E-state index contributed by atoms with van der Waals surface area (Å²) in [4.78, 5) is 2.30. The molecule has 3 nitrogen and oxygen atoms in total. The first kappa shape index (κ1) is 12.2. The van der Waals surface area contributed by atoms with Gasteiger partial charge in [-0.2, -0.15) is 0 Å². The second kappa shape index (κ2) is 4.92. The molecule has 0 saturated carbocycles. The maximum Gasteiger partial charge on any atom is 0.165 e. The molecule has 1 saturated heterocycles. The number of anilines is 1. The summed E-state index contributed by atoms with van der Waals surface area (Å²) in [5.74, 6) is 0.0212. The Hall–Kier alpha value is -1.29. The maximum absolute atomic E-state index is 13.5. The van der Waals surface area contributed by atoms with Crippen LogP contribution in [-0.2, 0) is 0 Å². The smallest absolute Gasteiger partial charge is 0.165 e. The highest BCUT2D eigenvalue weighted by atomic mass is 19.1. The van der Waals surface area contributed by atoms with Gasteiger partial charge in [0.2, 0.25) is 0 Å². The van der Waals surface area contributed by atoms with E-state index in [1.807, 2.05) is 6.92 Å². The van der Waals surface area contributed by atoms with E-state index < -0.39 is 0 Å². The molecule has 1 aliphatic heterocycles. The molecular weight excluding hydrogens is 219 g/mol. The van der Waals surface area contributed by atoms with Crippen LogP contribution in [0, 0.1) is 12.7 Å². The van der Waals surface area contributed by atoms with E-state index in [1.54, 1.807) is 12.1 Å². The molecule has 1 N–H and O–H groups in total. The summed E-state index contributed by atoms with van der Waals surface area (Å²) in [5, 5.41) is 3.35. The molecule has 1 atom stereocenters. The highest BCUT2D eigenvalue weighted by Gasteiger charge is 2.21. The first-order valence-corrected chi connectivity index (χ1v) is 5.95. The van der Waals surface area contributed by atoms with Gasteiger partial charge in [-0.25, -0.2) is 4.39 Å². The highest BCUT2D eigenvalue weighted by molar-refractivity contribution is 5.58. The Labute approximate surface area is 102 Å². The van der Waals surface area contributed by atoms with Gasteiger partial charge in [0.1, 0.15) is 0 Å². The summed E-state index contributed by atoms with van der Waals surface area (Å²) >= 11 is 0. The van der Waals surface area contributed by atoms with Crippen LogP contribution in [-0.4, -0.2) is 32.8 Å². The number of piperazine rings is 1. The number of nitrogens with zero attached hydrogens (tertiary/aromatic N) is 1. The maximum atomic E-state index is 13.5. The number of nitrogens with one attached hydrogen (secondary N) is 1. The van der Waals surface area contributed by atoms with Gasteiger partial charge in [0.05, 0.1) is 7.11 Å². The van der Waals surface area contributed by atoms with Gasteiger partial charge < -0.3 is 15.0 Å². The molecule has 1 aliphatic rings. The lowest BCUT2D eigenvalue weighted by molar-refractivity contribution is 0.385. The minimum absolute atomic E-state index is 0.295. The van der Waals surface area contributed by atoms with Crippen LogP contribution in [0.4, 0.5) is 10.1 Å². The van der Waals surface area contributed by atoms with Crippen molar-refractivity contribution in [2.75, 3.05) is 31.6 Å². The Bertz CT molecular complexity index is 409. The summed E-state index contributed by atoms with van der Waals surface area (Å²) in [6.07, 6.45) is 0. The topological polar surface area (TPSA) is 24.5 Å². The van der Waals surface area contributed by atoms with E-state index in [-0.39, 0.29) is 5.82 Å². The molecule has 17 heavy (non-hydrogen) atoms. The van der Waals surface area contributed by atoms with Gasteiger partial charge in [0, 0.05) is 37.4 Å². The fraction of sp³-hybridized carbons (Fsp3) is 0.538. The number of hydrogen-bond donors (Lipinski definition) is 1. The zero-order chi connectivity index (χ0) is 12.4. The molecule has 4 heteroatoms. The molecule has 0 bridgehead atoms. The summed E-state index contributed by atoms with van der Waals surface area (Å²) in [6, 6.07) is 3.76. The van der Waals surface area contributed by atoms with Crippen molar-refractivity contribution in [3.63, 3.8) is 0 Å². The third-order valence-corrected chi connectivity index (χ3v) is 3.28. The minimum Gasteiger partial charge on any atom is -0.494 e. The molecular formula is C13H19FN2O. The van der Waals surface area contributed by atoms with Gasteiger partial charge in [-0.15, -0.1) is 0 Å². The predicted molar refractivity (Wildman–Crippen MR) is 67.4 cm³/mol. The fourth-order valence-electron chi connectivity index (χ4n) is 2.31. The van der Waals surface area contributed by atoms with Crippen molar-refractivity contribution >= 4 is 5.69 Å². The third-order valence-electron chi connectivity index (χ3n) is 3.28. The Morgan fingerprint density at radius 1 is 1.47 bits per heavy atom. The van der Waals surface area contributed by atoms with Crippen LogP contribution in [0.1, 0.15) is 12.5 Å². The lowest BCUT2D eigenvalue weighted by Gasteiger charge is -2.37. The van der Waals surface area contributed by atoms with Gasteiger partial charge in [-0.3, -0.25) is 0 Å². The molecule has 0 spiro atoms. The number of benzene rings is 1. The number of halogens is 1. The van der Waals surface area contributed by atoms with Gasteiger partial charge in [-0.05, 0) is 25.5 Å². The molecule has 0 aromatic heterocycles. The summed E-state index contributed by atoms with van der Waals surface area (Å²) in [5.41, 5.74) is 2.02. The highest BCUT2D eigenvalue weighted by Crippen LogP contribution is 2.30. The first-order valence-electron chi connectivity index (χ1n) is 5.95. The van der Waals surface area contributed by atoms with Crippen LogP contribution >= 0.6 is 0 Å². The Morgan fingerprint density at radius 3 is 2.88 bits per heavy atom. The Balaban J connectivity index is 2.36. The van der Waals surface area contributed by atoms with Gasteiger partial charge in [0.25, 0.3) is 0 Å². The largest absolute Gasteiger partial charge is 0.494 e. The van der Waals surface area contributed by atoms with Crippen molar-refractivity contribution in [2.24, 2.45) is 0 Å². The molecule has 0 aliphatic carbocycles. The van der Waals surface area contributed by atoms with Crippen LogP contribution in [0.25, 0.3) is 0 Å². The van der Waals surface area contributed by atoms with Crippen LogP contribution in [0.2, 0.25) is 0 Å². The molecule has 94 valence electrons. The van der Waals surface area contributed by atoms with Crippen molar-refractivity contribution in [1.29, 1.82) is 0 Å². The summed E-state index contributed by atoms with van der Waals surface area (Å²) in [6.45, 7) is 6.97. The first-order chi connectivity index (χ1) is 8.13. The predicted octanol–water partition coefficient (Wildman–Crippen LogP) is 1.94. The molecule has 1 heterocycles. The van der Waals surface area contributed by atoms with Crippen molar-refractivity contribution in [2.45, 2.75) is 19.9 Å². The monoisotopic (exact) mass is 238 g/mol. The van der Waals surface area contributed by atoms with E-state index in [4.69, 9.17) is 4.74 Å². The van der Waals surface area contributed by atoms with Crippen molar-refractivity contribution in [1.82, 2.24) is 5.32 Å². The quantitative estimate of drug-likeness (QED) is 0.852. The van der Waals surface area contributed by atoms with E-state index >= 15 is 0 Å². The molecule has 1 aromatic rings. The van der Waals surface area contributed by atoms with Crippen molar-refractivity contribution < 1.29 is 9.13 Å². The number of ether oxygens (including phenoxy) is 1. The molecule has 2 rings (SSSR count). The van der Waals surface area contributed by atoms with Crippen LogP contribution in [0.5, 0.6) is 5.75 Å². The molecule has 1 aromatic carbocycles. The average molecular weight is 238 g/mol. The number of hydrogen-bond acceptors (Lipinski definition) is 3. The number of methoxy groups -OCH3 is 1. The lowest BCUT2D eigenvalue weighted by atomic mass is 10.1. The van der Waals surface area contributed by atoms with Crippen molar-refractivity contribution in [3.8, 4) is 5.75 Å². The minimum atomic E-state index is -0.295. The zero-order valence-corrected chi connectivity index (χ0v) is 10.6. The van der Waals surface area contributed by atoms with Gasteiger partial charge >= 0.3 is 0 Å². The Morgan fingerprint density at radius 2 is 2.24 bits per heavy atom. The van der Waals surface area contributed by atoms with Crippen LogP contribution in [0.15, 0.2) is 12.1 Å². The number of aryl methyl sites for hydroxylation is 1. The van der Waals surface area contributed by atoms with Crippen LogP contribution < -0.4 is 15.0 Å². The lowest BCUT2D eigenvalue weighted by Crippen LogP contribution is -2.50. The number of rotatable bonds is 2. The summed E-state index contributed by atoms with van der Waals surface area (Å²) < 4.78 is 18.6. The van der Waals surface area contributed by atoms with E-state index in [0.717, 1.165) is 30.9 Å². The molecule has 1 fully saturated rings. The van der Waals surface area contributed by atoms with E-state index in [0.29, 0.717) is 11.8 Å². The SMILES string of the molecule is COc1cc(N2CCNC[C@@H]2C)c(C)cc1F. The molecule has 0 unspecified atom stereocenters. The Kier molecular flexibility index (Phi) is 3.52. The standard InChI is InChI=1S/C13H19FN2O/c1-9-6-11(14)13(17-3)7-12(9)16-5-4-15-8-10(16)2/h6-7,10,15H,4-5,8H2,1-3H3/t10-/m0/s1. The van der Waals surface area contributed by atoms with E-state index in [1.165, 1.54) is 7.11 Å². The summed E-state index contributed by atoms with van der Waals surface area (Å²) in [7, 11) is 1.50. The fourth-order valence-corrected chi connectivity index (χ4v) is 2.31. The average Bonchev–Trinajstić information content (AvgIpc) is 2.31. The van der Waals surface area contributed by atoms with E-state index in [9.17, 15) is 4.39 Å². The zero-order valence-electron chi connectivity index (χ0n) is 10.6.